The highest BCUT2D eigenvalue weighted by Gasteiger charge is 2.10. The van der Waals surface area contributed by atoms with Crippen LogP contribution in [0.15, 0.2) is 59.6 Å². The van der Waals surface area contributed by atoms with Crippen LogP contribution in [0.2, 0.25) is 0 Å². The van der Waals surface area contributed by atoms with Gasteiger partial charge in [0.15, 0.2) is 0 Å². The van der Waals surface area contributed by atoms with E-state index in [0.717, 1.165) is 16.8 Å². The number of benzene rings is 2. The van der Waals surface area contributed by atoms with Gasteiger partial charge in [0.1, 0.15) is 10.8 Å². The Morgan fingerprint density at radius 2 is 1.89 bits per heavy atom. The van der Waals surface area contributed by atoms with Gasteiger partial charge in [-0.25, -0.2) is 0 Å². The summed E-state index contributed by atoms with van der Waals surface area (Å²) in [7, 11) is 0. The number of amides is 1. The normalized spacial score (nSPS) is 10.5. The second-order valence-corrected chi connectivity index (χ2v) is 7.34. The summed E-state index contributed by atoms with van der Waals surface area (Å²) in [5.41, 5.74) is 4.93. The number of carbonyl (C=O) groups excluding carboxylic acids is 1. The topological polar surface area (TPSA) is 64.1 Å². The fourth-order valence-electron chi connectivity index (χ4n) is 2.73. The molecule has 0 bridgehead atoms. The maximum absolute atomic E-state index is 12.3. The molecule has 1 amide bonds. The third-order valence-electron chi connectivity index (χ3n) is 4.12. The van der Waals surface area contributed by atoms with Crippen molar-refractivity contribution in [1.82, 2.24) is 10.2 Å². The monoisotopic (exact) mass is 393 g/mol. The molecular weight excluding hydrogens is 370 g/mol. The molecule has 0 saturated carbocycles. The summed E-state index contributed by atoms with van der Waals surface area (Å²) in [6, 6.07) is 17.5. The van der Waals surface area contributed by atoms with E-state index in [1.165, 1.54) is 17.3 Å². The minimum absolute atomic E-state index is 0.113. The Morgan fingerprint density at radius 1 is 1.07 bits per heavy atom. The quantitative estimate of drug-likeness (QED) is 0.579. The molecule has 1 heterocycles. The molecule has 5 nitrogen and oxygen atoms in total. The molecule has 28 heavy (non-hydrogen) atoms. The van der Waals surface area contributed by atoms with Crippen molar-refractivity contribution in [2.24, 2.45) is 0 Å². The first-order valence-corrected chi connectivity index (χ1v) is 10.1. The van der Waals surface area contributed by atoms with Gasteiger partial charge in [-0.1, -0.05) is 41.6 Å². The van der Waals surface area contributed by atoms with E-state index in [2.05, 4.69) is 47.6 Å². The number of nitrogens with zero attached hydrogens (tertiary/aromatic N) is 2. The highest BCUT2D eigenvalue weighted by atomic mass is 32.2. The fourth-order valence-corrected chi connectivity index (χ4v) is 3.34. The third kappa shape index (κ3) is 5.10. The zero-order valence-electron chi connectivity index (χ0n) is 16.2. The summed E-state index contributed by atoms with van der Waals surface area (Å²) < 4.78 is 5.53. The zero-order chi connectivity index (χ0) is 19.9. The molecule has 6 heteroatoms. The van der Waals surface area contributed by atoms with Crippen LogP contribution < -0.4 is 10.1 Å². The van der Waals surface area contributed by atoms with Crippen molar-refractivity contribution in [3.8, 4) is 17.0 Å². The van der Waals surface area contributed by atoms with E-state index in [1.807, 2.05) is 43.3 Å². The van der Waals surface area contributed by atoms with Gasteiger partial charge in [-0.05, 0) is 56.7 Å². The van der Waals surface area contributed by atoms with Gasteiger partial charge in [0.05, 0.1) is 23.7 Å². The minimum atomic E-state index is -0.113. The molecule has 0 aliphatic heterocycles. The summed E-state index contributed by atoms with van der Waals surface area (Å²) in [4.78, 5) is 12.3. The zero-order valence-corrected chi connectivity index (χ0v) is 17.0. The summed E-state index contributed by atoms with van der Waals surface area (Å²) in [6.07, 6.45) is 0. The lowest BCUT2D eigenvalue weighted by atomic mass is 10.0. The molecule has 1 N–H and O–H groups in total. The van der Waals surface area contributed by atoms with Crippen LogP contribution in [-0.4, -0.2) is 28.5 Å². The number of aryl methyl sites for hydroxylation is 2. The SMILES string of the molecule is CCOc1ccccc1NC(=O)CSc1ccc(-c2cc(C)ccc2C)nn1. The van der Waals surface area contributed by atoms with Crippen molar-refractivity contribution in [1.29, 1.82) is 0 Å². The summed E-state index contributed by atoms with van der Waals surface area (Å²) in [5, 5.41) is 12.2. The molecule has 1 aromatic heterocycles. The Balaban J connectivity index is 1.61. The second kappa shape index (κ2) is 9.37. The smallest absolute Gasteiger partial charge is 0.234 e. The van der Waals surface area contributed by atoms with Gasteiger partial charge >= 0.3 is 0 Å². The highest BCUT2D eigenvalue weighted by Crippen LogP contribution is 2.26. The van der Waals surface area contributed by atoms with E-state index in [1.54, 1.807) is 0 Å². The van der Waals surface area contributed by atoms with Crippen LogP contribution in [0.5, 0.6) is 5.75 Å². The standard InChI is InChI=1S/C22H23N3O2S/c1-4-27-20-8-6-5-7-19(20)23-21(26)14-28-22-12-11-18(24-25-22)17-13-15(2)9-10-16(17)3/h5-13H,4,14H2,1-3H3,(H,23,26). The molecule has 0 radical (unpaired) electrons. The molecule has 3 aromatic rings. The molecule has 0 atom stereocenters. The van der Waals surface area contributed by atoms with Crippen LogP contribution in [0.1, 0.15) is 18.1 Å². The number of ether oxygens (including phenoxy) is 1. The van der Waals surface area contributed by atoms with Crippen LogP contribution in [-0.2, 0) is 4.79 Å². The van der Waals surface area contributed by atoms with E-state index in [-0.39, 0.29) is 11.7 Å². The van der Waals surface area contributed by atoms with Crippen molar-refractivity contribution < 1.29 is 9.53 Å². The van der Waals surface area contributed by atoms with E-state index in [0.29, 0.717) is 23.1 Å². The van der Waals surface area contributed by atoms with Crippen molar-refractivity contribution in [3.63, 3.8) is 0 Å². The summed E-state index contributed by atoms with van der Waals surface area (Å²) >= 11 is 1.35. The fraction of sp³-hybridized carbons (Fsp3) is 0.227. The molecule has 2 aromatic carbocycles. The number of aromatic nitrogens is 2. The number of thioether (sulfide) groups is 1. The van der Waals surface area contributed by atoms with Crippen LogP contribution in [0.25, 0.3) is 11.3 Å². The lowest BCUT2D eigenvalue weighted by Crippen LogP contribution is -2.15. The molecule has 144 valence electrons. The third-order valence-corrected chi connectivity index (χ3v) is 5.04. The number of carbonyl (C=O) groups is 1. The van der Waals surface area contributed by atoms with Gasteiger partial charge in [0.25, 0.3) is 0 Å². The van der Waals surface area contributed by atoms with Gasteiger partial charge in [0, 0.05) is 5.56 Å². The first-order chi connectivity index (χ1) is 13.6. The van der Waals surface area contributed by atoms with E-state index < -0.39 is 0 Å². The first kappa shape index (κ1) is 19.9. The molecule has 0 spiro atoms. The Morgan fingerprint density at radius 3 is 2.64 bits per heavy atom. The molecule has 0 saturated heterocycles. The Bertz CT molecular complexity index is 958. The van der Waals surface area contributed by atoms with Crippen molar-refractivity contribution in [3.05, 3.63) is 65.7 Å². The van der Waals surface area contributed by atoms with E-state index >= 15 is 0 Å². The van der Waals surface area contributed by atoms with Crippen molar-refractivity contribution >= 4 is 23.4 Å². The van der Waals surface area contributed by atoms with Gasteiger partial charge < -0.3 is 10.1 Å². The molecule has 3 rings (SSSR count). The average molecular weight is 394 g/mol. The number of anilines is 1. The van der Waals surface area contributed by atoms with Crippen LogP contribution in [0.3, 0.4) is 0 Å². The molecular formula is C22H23N3O2S. The Labute approximate surface area is 169 Å². The second-order valence-electron chi connectivity index (χ2n) is 6.34. The Hall–Kier alpha value is -2.86. The molecule has 0 fully saturated rings. The Kier molecular flexibility index (Phi) is 6.66. The van der Waals surface area contributed by atoms with Crippen LogP contribution in [0.4, 0.5) is 5.69 Å². The van der Waals surface area contributed by atoms with Crippen LogP contribution in [0, 0.1) is 13.8 Å². The minimum Gasteiger partial charge on any atom is -0.492 e. The van der Waals surface area contributed by atoms with Gasteiger partial charge in [-0.3, -0.25) is 4.79 Å². The average Bonchev–Trinajstić information content (AvgIpc) is 2.70. The van der Waals surface area contributed by atoms with Crippen molar-refractivity contribution in [2.75, 3.05) is 17.7 Å². The highest BCUT2D eigenvalue weighted by molar-refractivity contribution is 7.99. The maximum atomic E-state index is 12.3. The van der Waals surface area contributed by atoms with Gasteiger partial charge in [-0.15, -0.1) is 10.2 Å². The number of nitrogens with one attached hydrogen (secondary N) is 1. The lowest BCUT2D eigenvalue weighted by molar-refractivity contribution is -0.113. The van der Waals surface area contributed by atoms with E-state index in [9.17, 15) is 4.79 Å². The van der Waals surface area contributed by atoms with E-state index in [4.69, 9.17) is 4.74 Å². The van der Waals surface area contributed by atoms with Crippen LogP contribution >= 0.6 is 11.8 Å². The lowest BCUT2D eigenvalue weighted by Gasteiger charge is -2.11. The number of hydrogen-bond donors (Lipinski definition) is 1. The predicted octanol–water partition coefficient (Wildman–Crippen LogP) is 4.89. The van der Waals surface area contributed by atoms with Gasteiger partial charge in [0.2, 0.25) is 5.91 Å². The molecule has 0 unspecified atom stereocenters. The number of hydrogen-bond acceptors (Lipinski definition) is 5. The van der Waals surface area contributed by atoms with Gasteiger partial charge in [-0.2, -0.15) is 0 Å². The predicted molar refractivity (Wildman–Crippen MR) is 114 cm³/mol. The summed E-state index contributed by atoms with van der Waals surface area (Å²) in [6.45, 7) is 6.57. The number of para-hydroxylation sites is 2. The number of rotatable bonds is 7. The maximum Gasteiger partial charge on any atom is 0.234 e. The molecule has 0 aliphatic carbocycles. The largest absolute Gasteiger partial charge is 0.492 e. The molecule has 0 aliphatic rings. The summed E-state index contributed by atoms with van der Waals surface area (Å²) in [5.74, 6) is 0.802. The van der Waals surface area contributed by atoms with Crippen molar-refractivity contribution in [2.45, 2.75) is 25.8 Å². The first-order valence-electron chi connectivity index (χ1n) is 9.12.